The van der Waals surface area contributed by atoms with E-state index in [0.717, 1.165) is 6.07 Å². The molecular weight excluding hydrogens is 243 g/mol. The van der Waals surface area contributed by atoms with Crippen LogP contribution in [0, 0.1) is 18.3 Å². The number of anilines is 1. The smallest absolute Gasteiger partial charge is 0.325 e. The van der Waals surface area contributed by atoms with Gasteiger partial charge in [-0.2, -0.15) is 13.2 Å². The zero-order valence-electron chi connectivity index (χ0n) is 9.71. The predicted octanol–water partition coefficient (Wildman–Crippen LogP) is 3.30. The minimum absolute atomic E-state index is 0.181. The molecule has 1 N–H and O–H groups in total. The number of para-hydroxylation sites is 1. The van der Waals surface area contributed by atoms with Crippen molar-refractivity contribution in [3.63, 3.8) is 0 Å². The van der Waals surface area contributed by atoms with Crippen molar-refractivity contribution in [2.75, 3.05) is 5.32 Å². The molecule has 0 heterocycles. The van der Waals surface area contributed by atoms with E-state index in [1.807, 2.05) is 0 Å². The second-order valence-electron chi connectivity index (χ2n) is 3.84. The van der Waals surface area contributed by atoms with E-state index in [2.05, 4.69) is 11.2 Å². The van der Waals surface area contributed by atoms with Gasteiger partial charge in [-0.15, -0.1) is 12.3 Å². The summed E-state index contributed by atoms with van der Waals surface area (Å²) in [6, 6.07) is 4.82. The Morgan fingerprint density at radius 1 is 1.44 bits per heavy atom. The van der Waals surface area contributed by atoms with Crippen LogP contribution in [0.25, 0.3) is 0 Å². The average Bonchev–Trinajstić information content (AvgIpc) is 2.28. The van der Waals surface area contributed by atoms with Crippen LogP contribution in [0.15, 0.2) is 24.3 Å². The van der Waals surface area contributed by atoms with Crippen molar-refractivity contribution >= 4 is 11.6 Å². The van der Waals surface area contributed by atoms with Gasteiger partial charge in [-0.3, -0.25) is 4.79 Å². The van der Waals surface area contributed by atoms with Crippen molar-refractivity contribution in [1.82, 2.24) is 0 Å². The summed E-state index contributed by atoms with van der Waals surface area (Å²) in [4.78, 5) is 11.6. The highest BCUT2D eigenvalue weighted by atomic mass is 19.4. The molecule has 1 atom stereocenters. The third-order valence-electron chi connectivity index (χ3n) is 2.36. The summed E-state index contributed by atoms with van der Waals surface area (Å²) in [5.41, 5.74) is -1.12. The second kappa shape index (κ2) is 5.58. The van der Waals surface area contributed by atoms with Gasteiger partial charge in [0.15, 0.2) is 0 Å². The fourth-order valence-corrected chi connectivity index (χ4v) is 1.36. The highest BCUT2D eigenvalue weighted by Crippen LogP contribution is 2.34. The number of benzene rings is 1. The van der Waals surface area contributed by atoms with Gasteiger partial charge >= 0.3 is 6.18 Å². The molecule has 96 valence electrons. The second-order valence-corrected chi connectivity index (χ2v) is 3.84. The highest BCUT2D eigenvalue weighted by molar-refractivity contribution is 5.93. The molecule has 0 fully saturated rings. The van der Waals surface area contributed by atoms with E-state index in [-0.39, 0.29) is 12.1 Å². The van der Waals surface area contributed by atoms with Crippen molar-refractivity contribution in [3.05, 3.63) is 29.8 Å². The standard InChI is InChI=1S/C13H12F3NO/c1-3-6-9(2)12(18)17-11-8-5-4-7-10(11)13(14,15)16/h1,4-5,7-9H,6H2,2H3,(H,17,18). The zero-order valence-corrected chi connectivity index (χ0v) is 9.71. The molecule has 0 saturated heterocycles. The first-order chi connectivity index (χ1) is 8.36. The highest BCUT2D eigenvalue weighted by Gasteiger charge is 2.33. The molecule has 0 aliphatic rings. The lowest BCUT2D eigenvalue weighted by Crippen LogP contribution is -2.22. The van der Waals surface area contributed by atoms with Crippen LogP contribution in [0.4, 0.5) is 18.9 Å². The Bertz CT molecular complexity index is 474. The Morgan fingerprint density at radius 2 is 2.06 bits per heavy atom. The molecule has 1 unspecified atom stereocenters. The van der Waals surface area contributed by atoms with Crippen molar-refractivity contribution < 1.29 is 18.0 Å². The number of terminal acetylenes is 1. The molecule has 2 nitrogen and oxygen atoms in total. The minimum atomic E-state index is -4.50. The molecule has 5 heteroatoms. The van der Waals surface area contributed by atoms with Gasteiger partial charge in [0.2, 0.25) is 5.91 Å². The van der Waals surface area contributed by atoms with Crippen LogP contribution in [0.3, 0.4) is 0 Å². The van der Waals surface area contributed by atoms with Crippen molar-refractivity contribution in [2.45, 2.75) is 19.5 Å². The van der Waals surface area contributed by atoms with Crippen LogP contribution in [-0.2, 0) is 11.0 Å². The van der Waals surface area contributed by atoms with Gasteiger partial charge in [-0.1, -0.05) is 19.1 Å². The molecule has 0 aliphatic heterocycles. The molecule has 0 aromatic heterocycles. The SMILES string of the molecule is C#CCC(C)C(=O)Nc1ccccc1C(F)(F)F. The summed E-state index contributed by atoms with van der Waals surface area (Å²) < 4.78 is 38.0. The summed E-state index contributed by atoms with van der Waals surface area (Å²) >= 11 is 0. The van der Waals surface area contributed by atoms with E-state index < -0.39 is 23.6 Å². The predicted molar refractivity (Wildman–Crippen MR) is 62.7 cm³/mol. The molecule has 1 aromatic carbocycles. The number of hydrogen-bond donors (Lipinski definition) is 1. The average molecular weight is 255 g/mol. The van der Waals surface area contributed by atoms with Crippen LogP contribution < -0.4 is 5.32 Å². The van der Waals surface area contributed by atoms with Crippen molar-refractivity contribution in [1.29, 1.82) is 0 Å². The van der Waals surface area contributed by atoms with Crippen LogP contribution >= 0.6 is 0 Å². The van der Waals surface area contributed by atoms with Gasteiger partial charge in [-0.05, 0) is 12.1 Å². The molecule has 18 heavy (non-hydrogen) atoms. The summed E-state index contributed by atoms with van der Waals surface area (Å²) in [6.07, 6.45) is 0.730. The first kappa shape index (κ1) is 14.1. The lowest BCUT2D eigenvalue weighted by atomic mass is 10.1. The Balaban J connectivity index is 2.92. The number of carbonyl (C=O) groups excluding carboxylic acids is 1. The van der Waals surface area contributed by atoms with E-state index in [1.165, 1.54) is 18.2 Å². The zero-order chi connectivity index (χ0) is 13.8. The van der Waals surface area contributed by atoms with Gasteiger partial charge in [0.1, 0.15) is 0 Å². The lowest BCUT2D eigenvalue weighted by Gasteiger charge is -2.15. The van der Waals surface area contributed by atoms with Crippen LogP contribution in [0.1, 0.15) is 18.9 Å². The Kier molecular flexibility index (Phi) is 4.38. The van der Waals surface area contributed by atoms with Gasteiger partial charge in [0.25, 0.3) is 0 Å². The topological polar surface area (TPSA) is 29.1 Å². The number of amides is 1. The fraction of sp³-hybridized carbons (Fsp3) is 0.308. The molecule has 0 aliphatic carbocycles. The summed E-state index contributed by atoms with van der Waals surface area (Å²) in [6.45, 7) is 1.56. The lowest BCUT2D eigenvalue weighted by molar-refractivity contribution is -0.137. The van der Waals surface area contributed by atoms with E-state index in [4.69, 9.17) is 6.42 Å². The molecule has 1 rings (SSSR count). The Morgan fingerprint density at radius 3 is 2.61 bits per heavy atom. The van der Waals surface area contributed by atoms with Gasteiger partial charge in [0.05, 0.1) is 11.3 Å². The van der Waals surface area contributed by atoms with E-state index >= 15 is 0 Å². The van der Waals surface area contributed by atoms with Crippen LogP contribution in [-0.4, -0.2) is 5.91 Å². The van der Waals surface area contributed by atoms with Crippen molar-refractivity contribution in [3.8, 4) is 12.3 Å². The number of rotatable bonds is 3. The molecule has 1 amide bonds. The number of alkyl halides is 3. The summed E-state index contributed by atoms with van der Waals surface area (Å²) in [7, 11) is 0. The maximum atomic E-state index is 12.7. The summed E-state index contributed by atoms with van der Waals surface area (Å²) in [5, 5.41) is 2.25. The Labute approximate surface area is 103 Å². The maximum absolute atomic E-state index is 12.7. The number of halogens is 3. The monoisotopic (exact) mass is 255 g/mol. The van der Waals surface area contributed by atoms with E-state index in [0.29, 0.717) is 0 Å². The number of hydrogen-bond acceptors (Lipinski definition) is 1. The largest absolute Gasteiger partial charge is 0.418 e. The molecule has 0 bridgehead atoms. The van der Waals surface area contributed by atoms with Gasteiger partial charge in [0, 0.05) is 12.3 Å². The van der Waals surface area contributed by atoms with Crippen LogP contribution in [0.2, 0.25) is 0 Å². The van der Waals surface area contributed by atoms with E-state index in [9.17, 15) is 18.0 Å². The molecule has 0 saturated carbocycles. The summed E-state index contributed by atoms with van der Waals surface area (Å²) in [5.74, 6) is 1.24. The third-order valence-corrected chi connectivity index (χ3v) is 2.36. The molecule has 0 spiro atoms. The molecule has 1 aromatic rings. The molecule has 0 radical (unpaired) electrons. The Hall–Kier alpha value is -1.96. The van der Waals surface area contributed by atoms with Gasteiger partial charge in [-0.25, -0.2) is 0 Å². The number of nitrogens with one attached hydrogen (secondary N) is 1. The van der Waals surface area contributed by atoms with E-state index in [1.54, 1.807) is 6.92 Å². The number of carbonyl (C=O) groups is 1. The van der Waals surface area contributed by atoms with Crippen LogP contribution in [0.5, 0.6) is 0 Å². The maximum Gasteiger partial charge on any atom is 0.418 e. The minimum Gasteiger partial charge on any atom is -0.325 e. The normalized spacial score (nSPS) is 12.6. The fourth-order valence-electron chi connectivity index (χ4n) is 1.36. The first-order valence-corrected chi connectivity index (χ1v) is 5.26. The molecular formula is C13H12F3NO. The first-order valence-electron chi connectivity index (χ1n) is 5.26. The third kappa shape index (κ3) is 3.52. The quantitative estimate of drug-likeness (QED) is 0.825. The van der Waals surface area contributed by atoms with Crippen molar-refractivity contribution in [2.24, 2.45) is 5.92 Å². The van der Waals surface area contributed by atoms with Gasteiger partial charge < -0.3 is 5.32 Å².